The standard InChI is InChI=1S/C16H16N6O/c1-11-4-2-6-13(8-11)18-16(23)14(15-19-21-22-20-15)9-12-5-3-7-17-10-12/h2-8,10,14H,9H2,1H3,(H,18,23)(H,19,20,21,22). The van der Waals surface area contributed by atoms with E-state index in [1.165, 1.54) is 0 Å². The molecule has 2 aromatic heterocycles. The van der Waals surface area contributed by atoms with Gasteiger partial charge in [0.05, 0.1) is 0 Å². The zero-order valence-electron chi connectivity index (χ0n) is 12.6. The molecule has 1 unspecified atom stereocenters. The molecule has 116 valence electrons. The van der Waals surface area contributed by atoms with Crippen molar-refractivity contribution in [3.63, 3.8) is 0 Å². The van der Waals surface area contributed by atoms with Crippen LogP contribution < -0.4 is 5.32 Å². The quantitative estimate of drug-likeness (QED) is 0.750. The second-order valence-corrected chi connectivity index (χ2v) is 5.25. The summed E-state index contributed by atoms with van der Waals surface area (Å²) in [5.74, 6) is -0.363. The van der Waals surface area contributed by atoms with Crippen LogP contribution in [0.5, 0.6) is 0 Å². The van der Waals surface area contributed by atoms with Crippen molar-refractivity contribution in [2.24, 2.45) is 0 Å². The summed E-state index contributed by atoms with van der Waals surface area (Å²) >= 11 is 0. The second-order valence-electron chi connectivity index (χ2n) is 5.25. The average molecular weight is 308 g/mol. The van der Waals surface area contributed by atoms with E-state index < -0.39 is 5.92 Å². The minimum atomic E-state index is -0.543. The van der Waals surface area contributed by atoms with Crippen molar-refractivity contribution >= 4 is 11.6 Å². The van der Waals surface area contributed by atoms with E-state index in [1.54, 1.807) is 12.4 Å². The van der Waals surface area contributed by atoms with Gasteiger partial charge < -0.3 is 5.32 Å². The maximum atomic E-state index is 12.7. The Balaban J connectivity index is 1.82. The Morgan fingerprint density at radius 1 is 1.30 bits per heavy atom. The van der Waals surface area contributed by atoms with E-state index in [0.717, 1.165) is 16.8 Å². The highest BCUT2D eigenvalue weighted by molar-refractivity contribution is 5.95. The van der Waals surface area contributed by atoms with Gasteiger partial charge in [0.2, 0.25) is 5.91 Å². The molecule has 3 aromatic rings. The number of tetrazole rings is 1. The predicted octanol–water partition coefficient (Wildman–Crippen LogP) is 1.87. The molecule has 1 atom stereocenters. The van der Waals surface area contributed by atoms with Gasteiger partial charge >= 0.3 is 0 Å². The number of nitrogens with one attached hydrogen (secondary N) is 2. The zero-order chi connectivity index (χ0) is 16.1. The number of aromatic amines is 1. The van der Waals surface area contributed by atoms with Crippen LogP contribution in [0.1, 0.15) is 22.9 Å². The van der Waals surface area contributed by atoms with Crippen LogP contribution >= 0.6 is 0 Å². The number of hydrogen-bond acceptors (Lipinski definition) is 5. The molecule has 7 heteroatoms. The molecule has 2 heterocycles. The first kappa shape index (κ1) is 14.8. The molecular formula is C16H16N6O. The predicted molar refractivity (Wildman–Crippen MR) is 84.7 cm³/mol. The SMILES string of the molecule is Cc1cccc(NC(=O)C(Cc2cccnc2)c2nn[nH]n2)c1. The number of rotatable bonds is 5. The monoisotopic (exact) mass is 308 g/mol. The Labute approximate surface area is 133 Å². The number of pyridine rings is 1. The Morgan fingerprint density at radius 2 is 2.22 bits per heavy atom. The number of carbonyl (C=O) groups is 1. The van der Waals surface area contributed by atoms with Gasteiger partial charge in [0.15, 0.2) is 5.82 Å². The molecule has 1 aromatic carbocycles. The maximum Gasteiger partial charge on any atom is 0.235 e. The van der Waals surface area contributed by atoms with Crippen LogP contribution in [0.3, 0.4) is 0 Å². The summed E-state index contributed by atoms with van der Waals surface area (Å²) in [7, 11) is 0. The zero-order valence-corrected chi connectivity index (χ0v) is 12.6. The summed E-state index contributed by atoms with van der Waals surface area (Å²) in [5.41, 5.74) is 2.75. The van der Waals surface area contributed by atoms with Gasteiger partial charge in [-0.2, -0.15) is 5.21 Å². The van der Waals surface area contributed by atoms with E-state index in [1.807, 2.05) is 43.3 Å². The normalized spacial score (nSPS) is 11.9. The van der Waals surface area contributed by atoms with Crippen LogP contribution in [0.15, 0.2) is 48.8 Å². The van der Waals surface area contributed by atoms with E-state index >= 15 is 0 Å². The Morgan fingerprint density at radius 3 is 2.91 bits per heavy atom. The molecule has 0 bridgehead atoms. The third-order valence-electron chi connectivity index (χ3n) is 3.44. The minimum absolute atomic E-state index is 0.180. The molecule has 0 radical (unpaired) electrons. The van der Waals surface area contributed by atoms with Crippen LogP contribution in [-0.4, -0.2) is 31.5 Å². The lowest BCUT2D eigenvalue weighted by Crippen LogP contribution is -2.24. The van der Waals surface area contributed by atoms with Crippen molar-refractivity contribution in [2.75, 3.05) is 5.32 Å². The number of aromatic nitrogens is 5. The van der Waals surface area contributed by atoms with E-state index in [2.05, 4.69) is 30.9 Å². The molecule has 0 aliphatic rings. The Bertz CT molecular complexity index is 772. The second kappa shape index (κ2) is 6.78. The first-order valence-corrected chi connectivity index (χ1v) is 7.22. The molecule has 23 heavy (non-hydrogen) atoms. The number of aryl methyl sites for hydroxylation is 1. The van der Waals surface area contributed by atoms with Crippen LogP contribution in [0.2, 0.25) is 0 Å². The largest absolute Gasteiger partial charge is 0.325 e. The van der Waals surface area contributed by atoms with Gasteiger partial charge in [0, 0.05) is 18.1 Å². The van der Waals surface area contributed by atoms with Gasteiger partial charge in [-0.3, -0.25) is 9.78 Å². The number of H-pyrrole nitrogens is 1. The summed E-state index contributed by atoms with van der Waals surface area (Å²) in [5, 5.41) is 16.8. The lowest BCUT2D eigenvalue weighted by molar-refractivity contribution is -0.117. The van der Waals surface area contributed by atoms with Gasteiger partial charge in [-0.15, -0.1) is 10.2 Å². The number of anilines is 1. The molecule has 0 aliphatic heterocycles. The fourth-order valence-electron chi connectivity index (χ4n) is 2.33. The first-order chi connectivity index (χ1) is 11.2. The molecule has 0 saturated heterocycles. The highest BCUT2D eigenvalue weighted by atomic mass is 16.1. The molecular weight excluding hydrogens is 292 g/mol. The van der Waals surface area contributed by atoms with Crippen molar-refractivity contribution in [3.05, 3.63) is 65.7 Å². The number of amides is 1. The Hall–Kier alpha value is -3.09. The van der Waals surface area contributed by atoms with Crippen LogP contribution in [0.25, 0.3) is 0 Å². The number of nitrogens with zero attached hydrogens (tertiary/aromatic N) is 4. The molecule has 0 spiro atoms. The highest BCUT2D eigenvalue weighted by Crippen LogP contribution is 2.20. The lowest BCUT2D eigenvalue weighted by atomic mass is 9.98. The van der Waals surface area contributed by atoms with Gasteiger partial charge in [-0.1, -0.05) is 23.4 Å². The summed E-state index contributed by atoms with van der Waals surface area (Å²) in [6.45, 7) is 1.97. The first-order valence-electron chi connectivity index (χ1n) is 7.22. The smallest absolute Gasteiger partial charge is 0.235 e. The number of hydrogen-bond donors (Lipinski definition) is 2. The third kappa shape index (κ3) is 3.76. The average Bonchev–Trinajstić information content (AvgIpc) is 3.07. The molecule has 3 rings (SSSR count). The molecule has 1 amide bonds. The topological polar surface area (TPSA) is 96.5 Å². The maximum absolute atomic E-state index is 12.7. The highest BCUT2D eigenvalue weighted by Gasteiger charge is 2.25. The van der Waals surface area contributed by atoms with Crippen LogP contribution in [0.4, 0.5) is 5.69 Å². The van der Waals surface area contributed by atoms with Crippen molar-refractivity contribution in [1.82, 2.24) is 25.6 Å². The van der Waals surface area contributed by atoms with Crippen molar-refractivity contribution in [2.45, 2.75) is 19.3 Å². The number of benzene rings is 1. The minimum Gasteiger partial charge on any atom is -0.325 e. The molecule has 7 nitrogen and oxygen atoms in total. The van der Waals surface area contributed by atoms with Crippen LogP contribution in [-0.2, 0) is 11.2 Å². The third-order valence-corrected chi connectivity index (χ3v) is 3.44. The fourth-order valence-corrected chi connectivity index (χ4v) is 2.33. The van der Waals surface area contributed by atoms with Gasteiger partial charge in [-0.25, -0.2) is 0 Å². The van der Waals surface area contributed by atoms with Crippen molar-refractivity contribution < 1.29 is 4.79 Å². The summed E-state index contributed by atoms with van der Waals surface area (Å²) < 4.78 is 0. The molecule has 2 N–H and O–H groups in total. The van der Waals surface area contributed by atoms with E-state index in [0.29, 0.717) is 12.2 Å². The van der Waals surface area contributed by atoms with Gasteiger partial charge in [-0.05, 0) is 42.7 Å². The fraction of sp³-hybridized carbons (Fsp3) is 0.188. The summed E-state index contributed by atoms with van der Waals surface area (Å²) in [6.07, 6.45) is 3.87. The van der Waals surface area contributed by atoms with E-state index in [-0.39, 0.29) is 5.91 Å². The van der Waals surface area contributed by atoms with Crippen molar-refractivity contribution in [1.29, 1.82) is 0 Å². The van der Waals surface area contributed by atoms with Crippen LogP contribution in [0, 0.1) is 6.92 Å². The summed E-state index contributed by atoms with van der Waals surface area (Å²) in [4.78, 5) is 16.8. The lowest BCUT2D eigenvalue weighted by Gasteiger charge is -2.14. The molecule has 0 aliphatic carbocycles. The van der Waals surface area contributed by atoms with Gasteiger partial charge in [0.1, 0.15) is 5.92 Å². The van der Waals surface area contributed by atoms with Gasteiger partial charge in [0.25, 0.3) is 0 Å². The van der Waals surface area contributed by atoms with E-state index in [4.69, 9.17) is 0 Å². The summed E-state index contributed by atoms with van der Waals surface area (Å²) in [6, 6.07) is 11.4. The Kier molecular flexibility index (Phi) is 4.37. The number of carbonyl (C=O) groups excluding carboxylic acids is 1. The van der Waals surface area contributed by atoms with E-state index in [9.17, 15) is 4.79 Å². The molecule has 0 fully saturated rings. The van der Waals surface area contributed by atoms with Crippen molar-refractivity contribution in [3.8, 4) is 0 Å². The molecule has 0 saturated carbocycles.